The van der Waals surface area contributed by atoms with E-state index < -0.39 is 5.60 Å². The van der Waals surface area contributed by atoms with E-state index in [1.165, 1.54) is 23.3 Å². The molecule has 5 heteroatoms. The fraction of sp³-hybridized carbons (Fsp3) is 0.550. The van der Waals surface area contributed by atoms with Gasteiger partial charge < -0.3 is 10.0 Å². The Morgan fingerprint density at radius 2 is 1.80 bits per heavy atom. The molecule has 1 atom stereocenters. The highest BCUT2D eigenvalue weighted by atomic mass is 32.1. The monoisotopic (exact) mass is 357 g/mol. The van der Waals surface area contributed by atoms with Crippen LogP contribution in [0.15, 0.2) is 36.5 Å². The summed E-state index contributed by atoms with van der Waals surface area (Å²) in [5.41, 5.74) is 0.637. The number of piperidine rings is 1. The zero-order valence-electron chi connectivity index (χ0n) is 14.7. The van der Waals surface area contributed by atoms with Crippen LogP contribution in [0.4, 0.5) is 0 Å². The van der Waals surface area contributed by atoms with Crippen molar-refractivity contribution in [2.45, 2.75) is 37.8 Å². The number of benzene rings is 1. The maximum absolute atomic E-state index is 11.1. The van der Waals surface area contributed by atoms with Gasteiger partial charge in [0, 0.05) is 36.3 Å². The van der Waals surface area contributed by atoms with E-state index in [1.807, 2.05) is 12.3 Å². The first kappa shape index (κ1) is 17.2. The second-order valence-electron chi connectivity index (χ2n) is 7.52. The summed E-state index contributed by atoms with van der Waals surface area (Å²) in [5.74, 6) is 0. The van der Waals surface area contributed by atoms with E-state index >= 15 is 0 Å². The van der Waals surface area contributed by atoms with Gasteiger partial charge in [-0.1, -0.05) is 30.3 Å². The fourth-order valence-electron chi connectivity index (χ4n) is 4.14. The van der Waals surface area contributed by atoms with Gasteiger partial charge in [-0.3, -0.25) is 4.90 Å². The van der Waals surface area contributed by atoms with Crippen LogP contribution in [0, 0.1) is 0 Å². The van der Waals surface area contributed by atoms with Crippen LogP contribution >= 0.6 is 11.3 Å². The molecule has 0 saturated carbocycles. The predicted molar refractivity (Wildman–Crippen MR) is 103 cm³/mol. The third-order valence-corrected chi connectivity index (χ3v) is 6.34. The maximum Gasteiger partial charge on any atom is 0.123 e. The average molecular weight is 358 g/mol. The minimum absolute atomic E-state index is 0.546. The van der Waals surface area contributed by atoms with Gasteiger partial charge in [-0.2, -0.15) is 0 Å². The van der Waals surface area contributed by atoms with Crippen LogP contribution in [-0.4, -0.2) is 58.2 Å². The molecule has 25 heavy (non-hydrogen) atoms. The van der Waals surface area contributed by atoms with Crippen molar-refractivity contribution < 1.29 is 5.11 Å². The van der Waals surface area contributed by atoms with Crippen LogP contribution in [0.2, 0.25) is 0 Å². The molecule has 0 bridgehead atoms. The summed E-state index contributed by atoms with van der Waals surface area (Å²) in [4.78, 5) is 10.7. The largest absolute Gasteiger partial charge is 0.387 e. The third kappa shape index (κ3) is 4.29. The lowest BCUT2D eigenvalue weighted by molar-refractivity contribution is -0.0517. The summed E-state index contributed by atoms with van der Waals surface area (Å²) in [6, 6.07) is 10.4. The molecule has 4 rings (SSSR count). The van der Waals surface area contributed by atoms with Gasteiger partial charge in [-0.15, -0.1) is 11.3 Å². The number of rotatable bonds is 5. The van der Waals surface area contributed by atoms with E-state index in [9.17, 15) is 5.11 Å². The van der Waals surface area contributed by atoms with Crippen LogP contribution in [0.5, 0.6) is 0 Å². The lowest BCUT2D eigenvalue weighted by Gasteiger charge is -2.41. The Kier molecular flexibility index (Phi) is 5.17. The highest BCUT2D eigenvalue weighted by Crippen LogP contribution is 2.29. The molecule has 2 aliphatic rings. The van der Waals surface area contributed by atoms with Crippen LogP contribution in [0.25, 0.3) is 10.6 Å². The maximum atomic E-state index is 11.1. The van der Waals surface area contributed by atoms with Crippen molar-refractivity contribution in [3.8, 4) is 10.6 Å². The molecule has 2 saturated heterocycles. The Bertz CT molecular complexity index is 683. The second-order valence-corrected chi connectivity index (χ2v) is 8.63. The Morgan fingerprint density at radius 3 is 2.60 bits per heavy atom. The third-order valence-electron chi connectivity index (χ3n) is 5.30. The molecule has 0 spiro atoms. The Hall–Kier alpha value is -1.27. The standard InChI is InChI=1S/C20H27N3OS/c24-20(15-22-10-4-5-11-22)9-6-12-23(16-20)14-18-13-21-19(25-18)17-7-2-1-3-8-17/h1-3,7-8,13,24H,4-6,9-12,14-16H2/t20-/m1/s1. The minimum Gasteiger partial charge on any atom is -0.387 e. The summed E-state index contributed by atoms with van der Waals surface area (Å²) in [6.07, 6.45) is 6.57. The molecule has 4 nitrogen and oxygen atoms in total. The van der Waals surface area contributed by atoms with Crippen molar-refractivity contribution in [3.63, 3.8) is 0 Å². The molecule has 0 unspecified atom stereocenters. The number of aliphatic hydroxyl groups is 1. The number of β-amino-alcohol motifs (C(OH)–C–C–N with tert-alkyl or cyclic N) is 1. The second kappa shape index (κ2) is 7.54. The van der Waals surface area contributed by atoms with Crippen molar-refractivity contribution in [3.05, 3.63) is 41.4 Å². The van der Waals surface area contributed by atoms with Crippen molar-refractivity contribution in [1.82, 2.24) is 14.8 Å². The number of hydrogen-bond donors (Lipinski definition) is 1. The molecule has 134 valence electrons. The molecular formula is C20H27N3OS. The number of thiazole rings is 1. The smallest absolute Gasteiger partial charge is 0.123 e. The molecule has 0 amide bonds. The first-order valence-corrected chi connectivity index (χ1v) is 10.2. The highest BCUT2D eigenvalue weighted by Gasteiger charge is 2.35. The lowest BCUT2D eigenvalue weighted by atomic mass is 9.92. The van der Waals surface area contributed by atoms with Gasteiger partial charge >= 0.3 is 0 Å². The molecule has 1 aromatic heterocycles. The molecular weight excluding hydrogens is 330 g/mol. The van der Waals surface area contributed by atoms with Gasteiger partial charge in [-0.25, -0.2) is 4.98 Å². The van der Waals surface area contributed by atoms with Gasteiger partial charge in [0.25, 0.3) is 0 Å². The molecule has 2 aliphatic heterocycles. The number of aromatic nitrogens is 1. The molecule has 0 radical (unpaired) electrons. The summed E-state index contributed by atoms with van der Waals surface area (Å²) in [5, 5.41) is 12.2. The summed E-state index contributed by atoms with van der Waals surface area (Å²) >= 11 is 1.77. The van der Waals surface area contributed by atoms with Crippen LogP contribution in [-0.2, 0) is 6.54 Å². The molecule has 0 aliphatic carbocycles. The van der Waals surface area contributed by atoms with Crippen molar-refractivity contribution >= 4 is 11.3 Å². The minimum atomic E-state index is -0.546. The van der Waals surface area contributed by atoms with Gasteiger partial charge in [-0.05, 0) is 45.3 Å². The molecule has 3 heterocycles. The van der Waals surface area contributed by atoms with Crippen LogP contribution in [0.3, 0.4) is 0 Å². The average Bonchev–Trinajstić information content (AvgIpc) is 3.27. The molecule has 2 fully saturated rings. The van der Waals surface area contributed by atoms with E-state index in [0.29, 0.717) is 0 Å². The van der Waals surface area contributed by atoms with Gasteiger partial charge in [0.2, 0.25) is 0 Å². The normalized spacial score (nSPS) is 25.5. The first-order chi connectivity index (χ1) is 12.2. The van der Waals surface area contributed by atoms with Crippen LogP contribution < -0.4 is 0 Å². The fourth-order valence-corrected chi connectivity index (χ4v) is 5.10. The summed E-state index contributed by atoms with van der Waals surface area (Å²) < 4.78 is 0. The Balaban J connectivity index is 1.38. The number of likely N-dealkylation sites (tertiary alicyclic amines) is 2. The Morgan fingerprint density at radius 1 is 1.04 bits per heavy atom. The van der Waals surface area contributed by atoms with Crippen molar-refractivity contribution in [2.24, 2.45) is 0 Å². The van der Waals surface area contributed by atoms with Crippen molar-refractivity contribution in [2.75, 3.05) is 32.7 Å². The topological polar surface area (TPSA) is 39.6 Å². The quantitative estimate of drug-likeness (QED) is 0.892. The number of nitrogens with zero attached hydrogens (tertiary/aromatic N) is 3. The van der Waals surface area contributed by atoms with Crippen molar-refractivity contribution in [1.29, 1.82) is 0 Å². The van der Waals surface area contributed by atoms with Gasteiger partial charge in [0.1, 0.15) is 5.01 Å². The predicted octanol–water partition coefficient (Wildman–Crippen LogP) is 3.23. The summed E-state index contributed by atoms with van der Waals surface area (Å²) in [7, 11) is 0. The lowest BCUT2D eigenvalue weighted by Crippen LogP contribution is -2.53. The van der Waals surface area contributed by atoms with E-state index in [0.717, 1.165) is 57.1 Å². The zero-order chi connectivity index (χ0) is 17.1. The van der Waals surface area contributed by atoms with Crippen LogP contribution in [0.1, 0.15) is 30.6 Å². The molecule has 1 N–H and O–H groups in total. The van der Waals surface area contributed by atoms with E-state index in [-0.39, 0.29) is 0 Å². The Labute approximate surface area is 154 Å². The molecule has 2 aromatic rings. The van der Waals surface area contributed by atoms with Gasteiger partial charge in [0.15, 0.2) is 0 Å². The molecule has 1 aromatic carbocycles. The SMILES string of the molecule is O[C@@]1(CN2CCCC2)CCCN(Cc2cnc(-c3ccccc3)s2)C1. The number of hydrogen-bond acceptors (Lipinski definition) is 5. The summed E-state index contributed by atoms with van der Waals surface area (Å²) in [6.45, 7) is 5.88. The van der Waals surface area contributed by atoms with Gasteiger partial charge in [0.05, 0.1) is 5.60 Å². The zero-order valence-corrected chi connectivity index (χ0v) is 15.5. The highest BCUT2D eigenvalue weighted by molar-refractivity contribution is 7.15. The van der Waals surface area contributed by atoms with E-state index in [4.69, 9.17) is 0 Å². The van der Waals surface area contributed by atoms with E-state index in [2.05, 4.69) is 39.0 Å². The first-order valence-electron chi connectivity index (χ1n) is 9.37. The van der Waals surface area contributed by atoms with E-state index in [1.54, 1.807) is 11.3 Å².